The lowest BCUT2D eigenvalue weighted by atomic mass is 9.85. The van der Waals surface area contributed by atoms with Crippen LogP contribution >= 0.6 is 11.3 Å². The Kier molecular flexibility index (Phi) is 5.61. The summed E-state index contributed by atoms with van der Waals surface area (Å²) in [6, 6.07) is 8.48. The Morgan fingerprint density at radius 2 is 2.00 bits per heavy atom. The Bertz CT molecular complexity index is 1030. The van der Waals surface area contributed by atoms with Crippen molar-refractivity contribution in [2.24, 2.45) is 11.8 Å². The van der Waals surface area contributed by atoms with E-state index in [1.165, 1.54) is 0 Å². The van der Waals surface area contributed by atoms with Crippen LogP contribution in [0.2, 0.25) is 0 Å². The molecule has 2 aromatic heterocycles. The number of rotatable bonds is 4. The van der Waals surface area contributed by atoms with Crippen molar-refractivity contribution in [2.75, 3.05) is 18.4 Å². The molecule has 0 saturated carbocycles. The summed E-state index contributed by atoms with van der Waals surface area (Å²) >= 11 is 1.57. The fourth-order valence-corrected chi connectivity index (χ4v) is 4.68. The van der Waals surface area contributed by atoms with Gasteiger partial charge in [0.25, 0.3) is 0 Å². The SMILES string of the molecule is Cc1nnc(-c2ccc3cnc(NC(=O)CN4C[C@@H](C)C(C)C[C@H]4C)cc3c2)s1. The number of hydrogen-bond acceptors (Lipinski definition) is 6. The molecule has 3 atom stereocenters. The molecule has 152 valence electrons. The van der Waals surface area contributed by atoms with E-state index in [9.17, 15) is 4.79 Å². The maximum Gasteiger partial charge on any atom is 0.239 e. The lowest BCUT2D eigenvalue weighted by Gasteiger charge is -2.40. The van der Waals surface area contributed by atoms with Gasteiger partial charge in [-0.1, -0.05) is 37.3 Å². The molecular weight excluding hydrogens is 382 g/mol. The van der Waals surface area contributed by atoms with Gasteiger partial charge >= 0.3 is 0 Å². The highest BCUT2D eigenvalue weighted by molar-refractivity contribution is 7.14. The van der Waals surface area contributed by atoms with E-state index in [0.29, 0.717) is 30.2 Å². The van der Waals surface area contributed by atoms with Crippen LogP contribution in [0.25, 0.3) is 21.3 Å². The first-order chi connectivity index (χ1) is 13.9. The Labute approximate surface area is 175 Å². The number of pyridine rings is 1. The summed E-state index contributed by atoms with van der Waals surface area (Å²) in [5.74, 6) is 1.89. The van der Waals surface area contributed by atoms with Crippen molar-refractivity contribution >= 4 is 33.8 Å². The molecule has 1 aliphatic rings. The van der Waals surface area contributed by atoms with E-state index < -0.39 is 0 Å². The summed E-state index contributed by atoms with van der Waals surface area (Å²) in [6.45, 7) is 10.1. The smallest absolute Gasteiger partial charge is 0.239 e. The lowest BCUT2D eigenvalue weighted by molar-refractivity contribution is -0.118. The van der Waals surface area contributed by atoms with Crippen LogP contribution in [0, 0.1) is 18.8 Å². The number of nitrogens with zero attached hydrogens (tertiary/aromatic N) is 4. The topological polar surface area (TPSA) is 71.0 Å². The van der Waals surface area contributed by atoms with Crippen LogP contribution in [-0.4, -0.2) is 45.1 Å². The highest BCUT2D eigenvalue weighted by Gasteiger charge is 2.29. The number of piperidine rings is 1. The van der Waals surface area contributed by atoms with E-state index >= 15 is 0 Å². The summed E-state index contributed by atoms with van der Waals surface area (Å²) < 4.78 is 0. The zero-order valence-electron chi connectivity index (χ0n) is 17.3. The molecule has 1 N–H and O–H groups in total. The van der Waals surface area contributed by atoms with Crippen molar-refractivity contribution in [2.45, 2.75) is 40.2 Å². The predicted molar refractivity (Wildman–Crippen MR) is 118 cm³/mol. The molecule has 4 rings (SSSR count). The maximum atomic E-state index is 12.6. The normalized spacial score (nSPS) is 22.7. The molecular formula is C22H27N5OS. The molecule has 1 saturated heterocycles. The van der Waals surface area contributed by atoms with Crippen LogP contribution in [0.4, 0.5) is 5.82 Å². The fourth-order valence-electron chi connectivity index (χ4n) is 3.99. The maximum absolute atomic E-state index is 12.6. The summed E-state index contributed by atoms with van der Waals surface area (Å²) in [7, 11) is 0. The lowest BCUT2D eigenvalue weighted by Crippen LogP contribution is -2.47. The summed E-state index contributed by atoms with van der Waals surface area (Å²) in [5.41, 5.74) is 1.02. The van der Waals surface area contributed by atoms with Crippen molar-refractivity contribution in [3.63, 3.8) is 0 Å². The summed E-state index contributed by atoms with van der Waals surface area (Å²) in [6.07, 6.45) is 2.93. The standard InChI is InChI=1S/C22H27N5OS/c1-13-7-15(3)27(11-14(13)2)12-21(28)24-20-9-19-8-17(5-6-18(19)10-23-20)22-26-25-16(4)29-22/h5-6,8-10,13-15H,7,11-12H2,1-4H3,(H,23,24,28)/t13?,14-,15-/m1/s1. The second-order valence-electron chi connectivity index (χ2n) is 8.27. The largest absolute Gasteiger partial charge is 0.310 e. The van der Waals surface area contributed by atoms with Crippen LogP contribution in [-0.2, 0) is 4.79 Å². The van der Waals surface area contributed by atoms with E-state index in [1.807, 2.05) is 25.1 Å². The highest BCUT2D eigenvalue weighted by Crippen LogP contribution is 2.28. The van der Waals surface area contributed by atoms with Gasteiger partial charge in [0.2, 0.25) is 5.91 Å². The minimum Gasteiger partial charge on any atom is -0.310 e. The number of fused-ring (bicyclic) bond motifs is 1. The molecule has 1 aromatic carbocycles. The van der Waals surface area contributed by atoms with E-state index in [1.54, 1.807) is 17.5 Å². The van der Waals surface area contributed by atoms with Crippen LogP contribution < -0.4 is 5.32 Å². The second kappa shape index (κ2) is 8.16. The van der Waals surface area contributed by atoms with Gasteiger partial charge in [0, 0.05) is 29.7 Å². The first-order valence-electron chi connectivity index (χ1n) is 10.1. The average Bonchev–Trinajstić information content (AvgIpc) is 3.12. The zero-order valence-corrected chi connectivity index (χ0v) is 18.2. The fraction of sp³-hybridized carbons (Fsp3) is 0.455. The van der Waals surface area contributed by atoms with Crippen LogP contribution in [0.15, 0.2) is 30.5 Å². The first kappa shape index (κ1) is 19.9. The zero-order chi connectivity index (χ0) is 20.5. The number of nitrogens with one attached hydrogen (secondary N) is 1. The number of anilines is 1. The number of carbonyl (C=O) groups excluding carboxylic acids is 1. The Hall–Kier alpha value is -2.38. The van der Waals surface area contributed by atoms with Crippen LogP contribution in [0.1, 0.15) is 32.2 Å². The molecule has 0 bridgehead atoms. The Balaban J connectivity index is 1.48. The first-order valence-corrected chi connectivity index (χ1v) is 10.9. The molecule has 3 aromatic rings. The monoisotopic (exact) mass is 409 g/mol. The molecule has 3 heterocycles. The number of likely N-dealkylation sites (tertiary alicyclic amines) is 1. The van der Waals surface area contributed by atoms with Gasteiger partial charge in [0.1, 0.15) is 15.8 Å². The van der Waals surface area contributed by atoms with Gasteiger partial charge in [0.05, 0.1) is 6.54 Å². The highest BCUT2D eigenvalue weighted by atomic mass is 32.1. The van der Waals surface area contributed by atoms with Gasteiger partial charge in [-0.3, -0.25) is 9.69 Å². The molecule has 29 heavy (non-hydrogen) atoms. The number of benzene rings is 1. The number of hydrogen-bond donors (Lipinski definition) is 1. The van der Waals surface area contributed by atoms with E-state index in [0.717, 1.165) is 39.3 Å². The van der Waals surface area contributed by atoms with Gasteiger partial charge in [-0.25, -0.2) is 4.98 Å². The summed E-state index contributed by atoms with van der Waals surface area (Å²) in [5, 5.41) is 15.2. The number of aryl methyl sites for hydroxylation is 1. The summed E-state index contributed by atoms with van der Waals surface area (Å²) in [4.78, 5) is 19.3. The molecule has 0 radical (unpaired) electrons. The number of aromatic nitrogens is 3. The van der Waals surface area contributed by atoms with Crippen molar-refractivity contribution < 1.29 is 4.79 Å². The van der Waals surface area contributed by atoms with E-state index in [2.05, 4.69) is 52.2 Å². The minimum absolute atomic E-state index is 0.0126. The third-order valence-electron chi connectivity index (χ3n) is 5.94. The molecule has 1 amide bonds. The van der Waals surface area contributed by atoms with Crippen molar-refractivity contribution in [1.82, 2.24) is 20.1 Å². The van der Waals surface area contributed by atoms with Gasteiger partial charge in [-0.15, -0.1) is 10.2 Å². The van der Waals surface area contributed by atoms with Gasteiger partial charge in [0.15, 0.2) is 0 Å². The molecule has 1 fully saturated rings. The van der Waals surface area contributed by atoms with Crippen LogP contribution in [0.3, 0.4) is 0 Å². The third kappa shape index (κ3) is 4.46. The quantitative estimate of drug-likeness (QED) is 0.693. The van der Waals surface area contributed by atoms with Crippen molar-refractivity contribution in [3.8, 4) is 10.6 Å². The predicted octanol–water partition coefficient (Wildman–Crippen LogP) is 4.37. The molecule has 0 aliphatic carbocycles. The Morgan fingerprint density at radius 3 is 2.76 bits per heavy atom. The van der Waals surface area contributed by atoms with E-state index in [-0.39, 0.29) is 5.91 Å². The molecule has 6 nitrogen and oxygen atoms in total. The Morgan fingerprint density at radius 1 is 1.17 bits per heavy atom. The van der Waals surface area contributed by atoms with Gasteiger partial charge in [-0.2, -0.15) is 0 Å². The van der Waals surface area contributed by atoms with E-state index in [4.69, 9.17) is 0 Å². The van der Waals surface area contributed by atoms with Crippen LogP contribution in [0.5, 0.6) is 0 Å². The molecule has 7 heteroatoms. The molecule has 0 spiro atoms. The minimum atomic E-state index is -0.0126. The average molecular weight is 410 g/mol. The van der Waals surface area contributed by atoms with Gasteiger partial charge in [-0.05, 0) is 49.6 Å². The molecule has 1 unspecified atom stereocenters. The van der Waals surface area contributed by atoms with Gasteiger partial charge < -0.3 is 5.32 Å². The van der Waals surface area contributed by atoms with Crippen molar-refractivity contribution in [1.29, 1.82) is 0 Å². The number of amides is 1. The number of carbonyl (C=O) groups is 1. The molecule has 1 aliphatic heterocycles. The second-order valence-corrected chi connectivity index (χ2v) is 9.46. The third-order valence-corrected chi connectivity index (χ3v) is 6.83. The van der Waals surface area contributed by atoms with Crippen molar-refractivity contribution in [3.05, 3.63) is 35.5 Å².